The average molecular weight is 338 g/mol. The summed E-state index contributed by atoms with van der Waals surface area (Å²) in [6.07, 6.45) is 2.10. The van der Waals surface area contributed by atoms with E-state index in [0.29, 0.717) is 15.7 Å². The maximum atomic E-state index is 12.0. The zero-order chi connectivity index (χ0) is 15.9. The number of nitrogens with zero attached hydrogens (tertiary/aromatic N) is 2. The van der Waals surface area contributed by atoms with Gasteiger partial charge in [0.15, 0.2) is 5.78 Å². The Bertz CT molecular complexity index is 655. The molecule has 1 aromatic carbocycles. The first kappa shape index (κ1) is 16.6. The molecule has 0 unspecified atom stereocenters. The number of benzene rings is 1. The van der Waals surface area contributed by atoms with Crippen LogP contribution in [0.3, 0.4) is 0 Å². The molecular formula is C15H16ClN3O2S. The summed E-state index contributed by atoms with van der Waals surface area (Å²) in [5, 5.41) is 12.5. The summed E-state index contributed by atoms with van der Waals surface area (Å²) in [6.45, 7) is 2.06. The highest BCUT2D eigenvalue weighted by Crippen LogP contribution is 2.17. The van der Waals surface area contributed by atoms with Gasteiger partial charge in [-0.15, -0.1) is 10.2 Å². The fourth-order valence-corrected chi connectivity index (χ4v) is 2.79. The minimum Gasteiger partial charge on any atom is -0.301 e. The second-order valence-electron chi connectivity index (χ2n) is 4.73. The smallest absolute Gasteiger partial charge is 0.226 e. The van der Waals surface area contributed by atoms with Crippen molar-refractivity contribution >= 4 is 39.8 Å². The molecule has 1 N–H and O–H groups in total. The highest BCUT2D eigenvalue weighted by atomic mass is 35.5. The lowest BCUT2D eigenvalue weighted by molar-refractivity contribution is -0.116. The molecule has 1 amide bonds. The lowest BCUT2D eigenvalue weighted by Gasteiger charge is -2.02. The molecule has 5 nitrogen and oxygen atoms in total. The first-order chi connectivity index (χ1) is 10.6. The quantitative estimate of drug-likeness (QED) is 0.781. The van der Waals surface area contributed by atoms with Crippen molar-refractivity contribution in [1.29, 1.82) is 0 Å². The summed E-state index contributed by atoms with van der Waals surface area (Å²) in [6, 6.07) is 6.63. The van der Waals surface area contributed by atoms with Crippen LogP contribution in [0.2, 0.25) is 5.02 Å². The predicted molar refractivity (Wildman–Crippen MR) is 87.6 cm³/mol. The molecular weight excluding hydrogens is 322 g/mol. The van der Waals surface area contributed by atoms with Crippen molar-refractivity contribution in [3.05, 3.63) is 39.9 Å². The Morgan fingerprint density at radius 2 is 1.91 bits per heavy atom. The van der Waals surface area contributed by atoms with Crippen molar-refractivity contribution in [1.82, 2.24) is 10.2 Å². The van der Waals surface area contributed by atoms with Gasteiger partial charge >= 0.3 is 0 Å². The molecule has 0 aliphatic rings. The van der Waals surface area contributed by atoms with E-state index in [2.05, 4.69) is 22.4 Å². The summed E-state index contributed by atoms with van der Waals surface area (Å²) >= 11 is 7.14. The number of amides is 1. The molecule has 0 aliphatic carbocycles. The molecule has 1 heterocycles. The van der Waals surface area contributed by atoms with Gasteiger partial charge in [-0.3, -0.25) is 9.59 Å². The molecule has 0 atom stereocenters. The van der Waals surface area contributed by atoms with Crippen molar-refractivity contribution in [3.63, 3.8) is 0 Å². The van der Waals surface area contributed by atoms with Crippen molar-refractivity contribution in [2.75, 3.05) is 5.32 Å². The van der Waals surface area contributed by atoms with Gasteiger partial charge in [-0.25, -0.2) is 0 Å². The first-order valence-electron chi connectivity index (χ1n) is 6.99. The van der Waals surface area contributed by atoms with E-state index in [9.17, 15) is 9.59 Å². The van der Waals surface area contributed by atoms with Crippen LogP contribution in [-0.2, 0) is 11.2 Å². The average Bonchev–Trinajstić information content (AvgIpc) is 2.93. The molecule has 7 heteroatoms. The summed E-state index contributed by atoms with van der Waals surface area (Å²) in [5.74, 6) is -0.322. The van der Waals surface area contributed by atoms with Crippen LogP contribution in [0.5, 0.6) is 0 Å². The number of aryl methyl sites for hydroxylation is 1. The van der Waals surface area contributed by atoms with Gasteiger partial charge in [0, 0.05) is 29.8 Å². The lowest BCUT2D eigenvalue weighted by atomic mass is 10.1. The number of hydrogen-bond acceptors (Lipinski definition) is 5. The maximum Gasteiger partial charge on any atom is 0.226 e. The molecule has 0 saturated carbocycles. The number of Topliss-reactive ketones (excluding diaryl/α,β-unsaturated/α-hetero) is 1. The van der Waals surface area contributed by atoms with E-state index >= 15 is 0 Å². The SMILES string of the molecule is CCCc1nnc(NC(=O)CCC(=O)c2ccc(Cl)cc2)s1. The molecule has 2 aromatic rings. The van der Waals surface area contributed by atoms with Crippen LogP contribution in [0.25, 0.3) is 0 Å². The zero-order valence-corrected chi connectivity index (χ0v) is 13.7. The van der Waals surface area contributed by atoms with Gasteiger partial charge in [0.25, 0.3) is 0 Å². The number of hydrogen-bond donors (Lipinski definition) is 1. The maximum absolute atomic E-state index is 12.0. The predicted octanol–water partition coefficient (Wildman–Crippen LogP) is 3.75. The van der Waals surface area contributed by atoms with E-state index in [1.807, 2.05) is 0 Å². The van der Waals surface area contributed by atoms with Crippen LogP contribution in [0, 0.1) is 0 Å². The van der Waals surface area contributed by atoms with Gasteiger partial charge in [0.1, 0.15) is 5.01 Å². The molecule has 0 radical (unpaired) electrons. The standard InChI is InChI=1S/C15H16ClN3O2S/c1-2-3-14-18-19-15(22-14)17-13(21)9-8-12(20)10-4-6-11(16)7-5-10/h4-7H,2-3,8-9H2,1H3,(H,17,19,21). The van der Waals surface area contributed by atoms with Gasteiger partial charge in [-0.1, -0.05) is 29.9 Å². The largest absolute Gasteiger partial charge is 0.301 e. The van der Waals surface area contributed by atoms with Gasteiger partial charge in [0.05, 0.1) is 0 Å². The number of aromatic nitrogens is 2. The summed E-state index contributed by atoms with van der Waals surface area (Å²) in [4.78, 5) is 23.8. The van der Waals surface area contributed by atoms with E-state index in [1.54, 1.807) is 24.3 Å². The normalized spacial score (nSPS) is 10.5. The number of ketones is 1. The Balaban J connectivity index is 1.81. The number of halogens is 1. The van der Waals surface area contributed by atoms with Crippen LogP contribution < -0.4 is 5.32 Å². The topological polar surface area (TPSA) is 72.0 Å². The van der Waals surface area contributed by atoms with E-state index in [4.69, 9.17) is 11.6 Å². The van der Waals surface area contributed by atoms with Gasteiger partial charge < -0.3 is 5.32 Å². The van der Waals surface area contributed by atoms with Crippen molar-refractivity contribution in [2.24, 2.45) is 0 Å². The summed E-state index contributed by atoms with van der Waals surface area (Å²) < 4.78 is 0. The lowest BCUT2D eigenvalue weighted by Crippen LogP contribution is -2.13. The van der Waals surface area contributed by atoms with Crippen molar-refractivity contribution in [2.45, 2.75) is 32.6 Å². The highest BCUT2D eigenvalue weighted by molar-refractivity contribution is 7.15. The second kappa shape index (κ2) is 8.00. The highest BCUT2D eigenvalue weighted by Gasteiger charge is 2.11. The summed E-state index contributed by atoms with van der Waals surface area (Å²) in [7, 11) is 0. The van der Waals surface area contributed by atoms with E-state index in [-0.39, 0.29) is 24.5 Å². The third-order valence-electron chi connectivity index (χ3n) is 2.92. The fraction of sp³-hybridized carbons (Fsp3) is 0.333. The Morgan fingerprint density at radius 1 is 1.18 bits per heavy atom. The first-order valence-corrected chi connectivity index (χ1v) is 8.19. The van der Waals surface area contributed by atoms with E-state index < -0.39 is 0 Å². The van der Waals surface area contributed by atoms with Crippen LogP contribution in [0.15, 0.2) is 24.3 Å². The number of nitrogens with one attached hydrogen (secondary N) is 1. The third-order valence-corrected chi connectivity index (χ3v) is 4.07. The third kappa shape index (κ3) is 4.89. The fourth-order valence-electron chi connectivity index (χ4n) is 1.81. The Kier molecular flexibility index (Phi) is 6.03. The molecule has 1 aromatic heterocycles. The summed E-state index contributed by atoms with van der Waals surface area (Å²) in [5.41, 5.74) is 0.554. The monoisotopic (exact) mass is 337 g/mol. The van der Waals surface area contributed by atoms with Crippen LogP contribution in [0.4, 0.5) is 5.13 Å². The number of rotatable bonds is 7. The Hall–Kier alpha value is -1.79. The second-order valence-corrected chi connectivity index (χ2v) is 6.23. The Morgan fingerprint density at radius 3 is 2.59 bits per heavy atom. The Labute approximate surface area is 137 Å². The number of anilines is 1. The van der Waals surface area contributed by atoms with Gasteiger partial charge in [0.2, 0.25) is 11.0 Å². The minimum absolute atomic E-state index is 0.0873. The minimum atomic E-state index is -0.235. The molecule has 0 aliphatic heterocycles. The van der Waals surface area contributed by atoms with Crippen LogP contribution in [-0.4, -0.2) is 21.9 Å². The molecule has 116 valence electrons. The van der Waals surface area contributed by atoms with Crippen LogP contribution in [0.1, 0.15) is 41.6 Å². The molecule has 0 spiro atoms. The van der Waals surface area contributed by atoms with E-state index in [1.165, 1.54) is 11.3 Å². The van der Waals surface area contributed by atoms with Crippen molar-refractivity contribution in [3.8, 4) is 0 Å². The molecule has 0 saturated heterocycles. The van der Waals surface area contributed by atoms with E-state index in [0.717, 1.165) is 17.8 Å². The van der Waals surface area contributed by atoms with Crippen LogP contribution >= 0.6 is 22.9 Å². The molecule has 0 fully saturated rings. The number of carbonyl (C=O) groups is 2. The molecule has 22 heavy (non-hydrogen) atoms. The zero-order valence-electron chi connectivity index (χ0n) is 12.1. The number of carbonyl (C=O) groups excluding carboxylic acids is 2. The van der Waals surface area contributed by atoms with Gasteiger partial charge in [-0.2, -0.15) is 0 Å². The molecule has 0 bridgehead atoms. The molecule has 2 rings (SSSR count). The van der Waals surface area contributed by atoms with Crippen molar-refractivity contribution < 1.29 is 9.59 Å². The van der Waals surface area contributed by atoms with Gasteiger partial charge in [-0.05, 0) is 30.7 Å².